The maximum atomic E-state index is 5.75. The van der Waals surface area contributed by atoms with Crippen molar-refractivity contribution in [2.45, 2.75) is 6.42 Å². The molecular weight excluding hydrogens is 351 g/mol. The molecule has 2 aromatic rings. The zero-order chi connectivity index (χ0) is 13.3. The van der Waals surface area contributed by atoms with Gasteiger partial charge in [-0.1, -0.05) is 59.0 Å². The van der Waals surface area contributed by atoms with E-state index in [9.17, 15) is 0 Å². The molecule has 0 aliphatic rings. The summed E-state index contributed by atoms with van der Waals surface area (Å²) in [5.41, 5.74) is 1.29. The Balaban J connectivity index is 1.82. The number of hydrogen-bond acceptors (Lipinski definition) is 2. The van der Waals surface area contributed by atoms with Crippen molar-refractivity contribution in [2.75, 3.05) is 17.6 Å². The average molecular weight is 368 g/mol. The minimum Gasteiger partial charge on any atom is -0.493 e. The molecule has 0 bridgehead atoms. The highest BCUT2D eigenvalue weighted by atomic mass is 127. The van der Waals surface area contributed by atoms with Gasteiger partial charge in [0.1, 0.15) is 11.5 Å². The van der Waals surface area contributed by atoms with Gasteiger partial charge >= 0.3 is 0 Å². The molecule has 2 aromatic carbocycles. The van der Waals surface area contributed by atoms with Gasteiger partial charge in [0.2, 0.25) is 0 Å². The molecular formula is C16H17IO2. The molecule has 2 nitrogen and oxygen atoms in total. The minimum atomic E-state index is 0.680. The molecule has 0 saturated heterocycles. The summed E-state index contributed by atoms with van der Waals surface area (Å²) < 4.78 is 12.3. The smallest absolute Gasteiger partial charge is 0.123 e. The molecule has 100 valence electrons. The Hall–Kier alpha value is -1.23. The highest BCUT2D eigenvalue weighted by Gasteiger charge is 1.98. The number of halogens is 1. The Morgan fingerprint density at radius 2 is 1.47 bits per heavy atom. The summed E-state index contributed by atoms with van der Waals surface area (Å²) in [6, 6.07) is 18.2. The van der Waals surface area contributed by atoms with Crippen LogP contribution in [0.2, 0.25) is 0 Å². The van der Waals surface area contributed by atoms with Crippen LogP contribution in [0.5, 0.6) is 11.5 Å². The lowest BCUT2D eigenvalue weighted by molar-refractivity contribution is 0.313. The van der Waals surface area contributed by atoms with E-state index in [0.29, 0.717) is 6.61 Å². The summed E-state index contributed by atoms with van der Waals surface area (Å²) >= 11 is 2.30. The molecule has 2 rings (SSSR count). The van der Waals surface area contributed by atoms with Crippen LogP contribution in [0.15, 0.2) is 54.6 Å². The molecule has 0 saturated carbocycles. The molecule has 0 N–H and O–H groups in total. The second-order valence-corrected chi connectivity index (χ2v) is 5.18. The summed E-state index contributed by atoms with van der Waals surface area (Å²) in [5.74, 6) is 1.73. The van der Waals surface area contributed by atoms with Crippen molar-refractivity contribution >= 4 is 22.6 Å². The van der Waals surface area contributed by atoms with E-state index in [-0.39, 0.29) is 0 Å². The van der Waals surface area contributed by atoms with Crippen LogP contribution in [0.4, 0.5) is 0 Å². The maximum Gasteiger partial charge on any atom is 0.123 e. The lowest BCUT2D eigenvalue weighted by Gasteiger charge is -2.09. The first kappa shape index (κ1) is 14.2. The third-order valence-corrected chi connectivity index (χ3v) is 3.09. The van der Waals surface area contributed by atoms with E-state index in [1.54, 1.807) is 0 Å². The van der Waals surface area contributed by atoms with Crippen LogP contribution in [-0.4, -0.2) is 17.6 Å². The largest absolute Gasteiger partial charge is 0.493 e. The van der Waals surface area contributed by atoms with Gasteiger partial charge in [0, 0.05) is 16.9 Å². The fraction of sp³-hybridized carbons (Fsp3) is 0.250. The van der Waals surface area contributed by atoms with Crippen molar-refractivity contribution < 1.29 is 9.47 Å². The normalized spacial score (nSPS) is 10.2. The monoisotopic (exact) mass is 368 g/mol. The number of ether oxygens (including phenoxy) is 2. The number of alkyl halides is 1. The van der Waals surface area contributed by atoms with Gasteiger partial charge in [-0.2, -0.15) is 0 Å². The van der Waals surface area contributed by atoms with E-state index >= 15 is 0 Å². The number of hydrogen-bond donors (Lipinski definition) is 0. The molecule has 0 unspecified atom stereocenters. The highest BCUT2D eigenvalue weighted by molar-refractivity contribution is 14.1. The second-order valence-electron chi connectivity index (χ2n) is 4.10. The Morgan fingerprint density at radius 3 is 2.16 bits per heavy atom. The summed E-state index contributed by atoms with van der Waals surface area (Å²) in [6.07, 6.45) is 0.916. The second kappa shape index (κ2) is 8.04. The molecule has 0 heterocycles. The van der Waals surface area contributed by atoms with Gasteiger partial charge in [0.15, 0.2) is 0 Å². The van der Waals surface area contributed by atoms with Crippen LogP contribution in [0.3, 0.4) is 0 Å². The van der Waals surface area contributed by atoms with Gasteiger partial charge in [-0.25, -0.2) is 0 Å². The van der Waals surface area contributed by atoms with Crippen molar-refractivity contribution in [3.8, 4) is 11.5 Å². The zero-order valence-electron chi connectivity index (χ0n) is 10.7. The van der Waals surface area contributed by atoms with E-state index in [1.165, 1.54) is 5.56 Å². The molecule has 0 amide bonds. The maximum absolute atomic E-state index is 5.75. The number of benzene rings is 2. The predicted octanol–water partition coefficient (Wildman–Crippen LogP) is 4.12. The van der Waals surface area contributed by atoms with Crippen LogP contribution in [-0.2, 0) is 6.42 Å². The van der Waals surface area contributed by atoms with E-state index < -0.39 is 0 Å². The first-order chi connectivity index (χ1) is 9.38. The van der Waals surface area contributed by atoms with Crippen molar-refractivity contribution in [3.63, 3.8) is 0 Å². The lowest BCUT2D eigenvalue weighted by Crippen LogP contribution is -2.02. The first-order valence-corrected chi connectivity index (χ1v) is 7.86. The van der Waals surface area contributed by atoms with Gasteiger partial charge in [-0.3, -0.25) is 0 Å². The van der Waals surface area contributed by atoms with Crippen molar-refractivity contribution in [3.05, 3.63) is 60.2 Å². The Bertz CT molecular complexity index is 485. The third kappa shape index (κ3) is 5.11. The van der Waals surface area contributed by atoms with Crippen LogP contribution >= 0.6 is 22.6 Å². The summed E-state index contributed by atoms with van der Waals surface area (Å²) in [7, 11) is 0. The van der Waals surface area contributed by atoms with Crippen LogP contribution in [0.25, 0.3) is 0 Å². The molecule has 0 aromatic heterocycles. The van der Waals surface area contributed by atoms with E-state index in [2.05, 4.69) is 34.7 Å². The standard InChI is InChI=1S/C16H17IO2/c17-10-12-19-16-8-4-7-15(13-16)18-11-9-14-5-2-1-3-6-14/h1-8,13H,9-12H2. The molecule has 0 aliphatic carbocycles. The van der Waals surface area contributed by atoms with Gasteiger partial charge in [0.25, 0.3) is 0 Å². The molecule has 0 spiro atoms. The van der Waals surface area contributed by atoms with Crippen molar-refractivity contribution in [1.82, 2.24) is 0 Å². The van der Waals surface area contributed by atoms with E-state index in [0.717, 1.165) is 29.0 Å². The minimum absolute atomic E-state index is 0.680. The van der Waals surface area contributed by atoms with E-state index in [1.807, 2.05) is 42.5 Å². The van der Waals surface area contributed by atoms with E-state index in [4.69, 9.17) is 9.47 Å². The molecule has 3 heteroatoms. The molecule has 0 aliphatic heterocycles. The molecule has 19 heavy (non-hydrogen) atoms. The Morgan fingerprint density at radius 1 is 0.789 bits per heavy atom. The van der Waals surface area contributed by atoms with Crippen molar-refractivity contribution in [2.24, 2.45) is 0 Å². The van der Waals surface area contributed by atoms with Crippen LogP contribution < -0.4 is 9.47 Å². The van der Waals surface area contributed by atoms with Gasteiger partial charge < -0.3 is 9.47 Å². The lowest BCUT2D eigenvalue weighted by atomic mass is 10.2. The predicted molar refractivity (Wildman–Crippen MR) is 86.5 cm³/mol. The zero-order valence-corrected chi connectivity index (χ0v) is 12.9. The van der Waals surface area contributed by atoms with Gasteiger partial charge in [-0.15, -0.1) is 0 Å². The van der Waals surface area contributed by atoms with Crippen LogP contribution in [0, 0.1) is 0 Å². The molecule has 0 fully saturated rings. The quantitative estimate of drug-likeness (QED) is 0.541. The van der Waals surface area contributed by atoms with Gasteiger partial charge in [-0.05, 0) is 17.7 Å². The van der Waals surface area contributed by atoms with Crippen LogP contribution in [0.1, 0.15) is 5.56 Å². The summed E-state index contributed by atoms with van der Waals surface area (Å²) in [5, 5.41) is 0. The Labute approximate surface area is 127 Å². The SMILES string of the molecule is ICCOc1cccc(OCCc2ccccc2)c1. The topological polar surface area (TPSA) is 18.5 Å². The van der Waals surface area contributed by atoms with Crippen molar-refractivity contribution in [1.29, 1.82) is 0 Å². The average Bonchev–Trinajstić information content (AvgIpc) is 2.47. The van der Waals surface area contributed by atoms with Gasteiger partial charge in [0.05, 0.1) is 13.2 Å². The number of rotatable bonds is 7. The fourth-order valence-electron chi connectivity index (χ4n) is 1.74. The fourth-order valence-corrected chi connectivity index (χ4v) is 1.96. The molecule has 0 atom stereocenters. The summed E-state index contributed by atoms with van der Waals surface area (Å²) in [4.78, 5) is 0. The highest BCUT2D eigenvalue weighted by Crippen LogP contribution is 2.19. The summed E-state index contributed by atoms with van der Waals surface area (Å²) in [6.45, 7) is 1.41. The molecule has 0 radical (unpaired) electrons. The third-order valence-electron chi connectivity index (χ3n) is 2.65. The first-order valence-electron chi connectivity index (χ1n) is 6.34. The Kier molecular flexibility index (Phi) is 6.01.